The van der Waals surface area contributed by atoms with Crippen molar-refractivity contribution in [3.8, 4) is 0 Å². The van der Waals surface area contributed by atoms with Crippen LogP contribution in [0.15, 0.2) is 94.7 Å². The zero-order valence-corrected chi connectivity index (χ0v) is 26.8. The largest absolute Gasteiger partial charge is 1.00 e. The zero-order valence-electron chi connectivity index (χ0n) is 21.2. The van der Waals surface area contributed by atoms with Crippen molar-refractivity contribution in [1.82, 2.24) is 0 Å². The molecule has 1 aliphatic carbocycles. The van der Waals surface area contributed by atoms with E-state index in [9.17, 15) is 35.5 Å². The fourth-order valence-corrected chi connectivity index (χ4v) is 5.07. The molecule has 14 heteroatoms. The van der Waals surface area contributed by atoms with Crippen molar-refractivity contribution in [2.45, 2.75) is 9.79 Å². The fourth-order valence-electron chi connectivity index (χ4n) is 4.13. The van der Waals surface area contributed by atoms with E-state index >= 15 is 0 Å². The summed E-state index contributed by atoms with van der Waals surface area (Å²) in [6.45, 7) is 0. The summed E-state index contributed by atoms with van der Waals surface area (Å²) < 4.78 is 67.5. The van der Waals surface area contributed by atoms with Gasteiger partial charge in [0.2, 0.25) is 0 Å². The third-order valence-electron chi connectivity index (χ3n) is 5.88. The Hall–Kier alpha value is -2.36. The van der Waals surface area contributed by atoms with Crippen LogP contribution in [0.5, 0.6) is 0 Å². The number of benzene rings is 4. The molecule has 10 nitrogen and oxygen atoms in total. The minimum Gasteiger partial charge on any atom is -0.744 e. The van der Waals surface area contributed by atoms with Crippen LogP contribution in [0.25, 0.3) is 0 Å². The molecule has 0 spiro atoms. The fraction of sp³-hybridized carbons (Fsp3) is 0. The van der Waals surface area contributed by atoms with Gasteiger partial charge < -0.3 is 19.7 Å². The van der Waals surface area contributed by atoms with Crippen LogP contribution in [0.3, 0.4) is 0 Å². The summed E-state index contributed by atoms with van der Waals surface area (Å²) in [7, 11) is -9.28. The topological polar surface area (TPSA) is 173 Å². The first-order chi connectivity index (χ1) is 17.9. The van der Waals surface area contributed by atoms with Gasteiger partial charge in [0.15, 0.2) is 11.6 Å². The average molecular weight is 595 g/mol. The number of carbonyl (C=O) groups excluding carboxylic acids is 2. The second-order valence-corrected chi connectivity index (χ2v) is 11.1. The summed E-state index contributed by atoms with van der Waals surface area (Å²) >= 11 is 0. The molecule has 2 N–H and O–H groups in total. The standard InChI is InChI=1S/C26H18N2O8S2.2Na/c29-25-20-3-1-2-4-21(20)26(30)24-22(25)13-17(27-15-5-9-18(10-6-15)37(31,32)33)14-23(24)28-16-7-11-19(12-8-16)38(34,35)36;;/h1-14,27-28H,(H,31,32,33)(H,34,35,36);;/q;2*+1/p-2. The molecule has 0 saturated carbocycles. The van der Waals surface area contributed by atoms with E-state index in [-0.39, 0.29) is 92.8 Å². The smallest absolute Gasteiger partial charge is 0.744 e. The van der Waals surface area contributed by atoms with Gasteiger partial charge in [-0.2, -0.15) is 0 Å². The number of rotatable bonds is 6. The van der Waals surface area contributed by atoms with E-state index in [0.717, 1.165) is 24.3 Å². The van der Waals surface area contributed by atoms with Gasteiger partial charge >= 0.3 is 59.1 Å². The molecule has 4 aromatic rings. The molecule has 0 bridgehead atoms. The Morgan fingerprint density at radius 1 is 0.525 bits per heavy atom. The number of hydrogen-bond acceptors (Lipinski definition) is 10. The van der Waals surface area contributed by atoms with E-state index in [1.807, 2.05) is 0 Å². The van der Waals surface area contributed by atoms with Crippen LogP contribution in [-0.2, 0) is 20.2 Å². The summed E-state index contributed by atoms with van der Waals surface area (Å²) in [5, 5.41) is 6.04. The van der Waals surface area contributed by atoms with E-state index in [0.29, 0.717) is 17.1 Å². The van der Waals surface area contributed by atoms with Gasteiger partial charge in [-0.1, -0.05) is 24.3 Å². The minimum absolute atomic E-state index is 0. The van der Waals surface area contributed by atoms with E-state index in [2.05, 4.69) is 10.6 Å². The molecule has 0 radical (unpaired) electrons. The summed E-state index contributed by atoms with van der Waals surface area (Å²) in [4.78, 5) is 26.0. The molecule has 0 atom stereocenters. The molecule has 0 aliphatic heterocycles. The molecule has 40 heavy (non-hydrogen) atoms. The second-order valence-electron chi connectivity index (χ2n) is 8.36. The van der Waals surface area contributed by atoms with Gasteiger partial charge in [0.1, 0.15) is 20.2 Å². The molecule has 0 heterocycles. The van der Waals surface area contributed by atoms with Gasteiger partial charge in [0, 0.05) is 33.8 Å². The van der Waals surface area contributed by atoms with E-state index in [1.54, 1.807) is 30.3 Å². The Balaban J connectivity index is 0.00000220. The maximum Gasteiger partial charge on any atom is 1.00 e. The molecule has 1 aliphatic rings. The molecule has 0 aromatic heterocycles. The van der Waals surface area contributed by atoms with Gasteiger partial charge in [-0.15, -0.1) is 0 Å². The first-order valence-electron chi connectivity index (χ1n) is 10.9. The number of hydrogen-bond donors (Lipinski definition) is 2. The SMILES string of the molecule is O=C1c2ccccc2C(=O)c2c(Nc3ccc(S(=O)(=O)[O-])cc3)cc(Nc3ccc(S(=O)(=O)[O-])cc3)cc21.[Na+].[Na+]. The van der Waals surface area contributed by atoms with Crippen molar-refractivity contribution in [3.63, 3.8) is 0 Å². The Kier molecular flexibility index (Phi) is 9.85. The van der Waals surface area contributed by atoms with Gasteiger partial charge in [-0.3, -0.25) is 9.59 Å². The van der Waals surface area contributed by atoms with E-state index in [1.165, 1.54) is 30.3 Å². The second kappa shape index (κ2) is 12.2. The number of nitrogens with one attached hydrogen (secondary N) is 2. The van der Waals surface area contributed by atoms with Crippen molar-refractivity contribution >= 4 is 54.6 Å². The summed E-state index contributed by atoms with van der Waals surface area (Å²) in [6.07, 6.45) is 0. The van der Waals surface area contributed by atoms with Crippen molar-refractivity contribution in [2.24, 2.45) is 0 Å². The van der Waals surface area contributed by atoms with Crippen LogP contribution in [0, 0.1) is 0 Å². The molecular weight excluding hydrogens is 578 g/mol. The van der Waals surface area contributed by atoms with Crippen LogP contribution >= 0.6 is 0 Å². The number of ketones is 2. The molecular formula is C26H16N2Na2O8S2. The Morgan fingerprint density at radius 2 is 0.975 bits per heavy atom. The quantitative estimate of drug-likeness (QED) is 0.162. The maximum atomic E-state index is 13.4. The molecule has 5 rings (SSSR count). The van der Waals surface area contributed by atoms with E-state index < -0.39 is 35.8 Å². The van der Waals surface area contributed by atoms with Gasteiger partial charge in [-0.25, -0.2) is 16.8 Å². The predicted octanol–water partition coefficient (Wildman–Crippen LogP) is -2.23. The number of fused-ring (bicyclic) bond motifs is 2. The predicted molar refractivity (Wildman–Crippen MR) is 135 cm³/mol. The van der Waals surface area contributed by atoms with Crippen LogP contribution in [-0.4, -0.2) is 37.5 Å². The third-order valence-corrected chi connectivity index (χ3v) is 7.58. The van der Waals surface area contributed by atoms with Gasteiger partial charge in [0.25, 0.3) is 0 Å². The zero-order chi connectivity index (χ0) is 27.2. The van der Waals surface area contributed by atoms with Crippen molar-refractivity contribution in [3.05, 3.63) is 107 Å². The van der Waals surface area contributed by atoms with Crippen LogP contribution < -0.4 is 69.7 Å². The Morgan fingerprint density at radius 3 is 1.45 bits per heavy atom. The number of anilines is 4. The monoisotopic (exact) mass is 594 g/mol. The Labute approximate surface area is 274 Å². The molecule has 0 amide bonds. The van der Waals surface area contributed by atoms with Crippen LogP contribution in [0.2, 0.25) is 0 Å². The molecule has 4 aromatic carbocycles. The first kappa shape index (κ1) is 32.2. The molecule has 0 saturated heterocycles. The first-order valence-corrected chi connectivity index (χ1v) is 13.8. The van der Waals surface area contributed by atoms with Gasteiger partial charge in [-0.05, 0) is 60.7 Å². The number of carbonyl (C=O) groups is 2. The van der Waals surface area contributed by atoms with Crippen LogP contribution in [0.1, 0.15) is 31.8 Å². The third kappa shape index (κ3) is 6.58. The normalized spacial score (nSPS) is 12.3. The minimum atomic E-state index is -4.65. The summed E-state index contributed by atoms with van der Waals surface area (Å²) in [5.41, 5.74) is 2.03. The average Bonchev–Trinajstić information content (AvgIpc) is 2.87. The van der Waals surface area contributed by atoms with Gasteiger partial charge in [0.05, 0.1) is 21.0 Å². The summed E-state index contributed by atoms with van der Waals surface area (Å²) in [5.74, 6) is -0.782. The molecule has 0 unspecified atom stereocenters. The summed E-state index contributed by atoms with van der Waals surface area (Å²) in [6, 6.07) is 19.4. The molecule has 0 fully saturated rings. The van der Waals surface area contributed by atoms with Crippen molar-refractivity contribution in [1.29, 1.82) is 0 Å². The molecule has 192 valence electrons. The van der Waals surface area contributed by atoms with Crippen molar-refractivity contribution < 1.29 is 94.6 Å². The van der Waals surface area contributed by atoms with E-state index in [4.69, 9.17) is 0 Å². The van der Waals surface area contributed by atoms with Crippen LogP contribution in [0.4, 0.5) is 22.7 Å². The Bertz CT molecular complexity index is 1840. The van der Waals surface area contributed by atoms with Crippen molar-refractivity contribution in [2.75, 3.05) is 10.6 Å². The maximum absolute atomic E-state index is 13.4.